The molecule has 26 heavy (non-hydrogen) atoms. The maximum Gasteiger partial charge on any atom is 0.436 e. The normalized spacial score (nSPS) is 11.8. The van der Waals surface area contributed by atoms with Crippen LogP contribution in [-0.2, 0) is 10.9 Å². The Balaban J connectivity index is 2.47. The number of nitrogens with zero attached hydrogens (tertiary/aromatic N) is 3. The molecule has 0 spiro atoms. The van der Waals surface area contributed by atoms with Gasteiger partial charge in [0.2, 0.25) is 0 Å². The molecule has 0 aliphatic heterocycles. The zero-order valence-electron chi connectivity index (χ0n) is 13.9. The molecule has 0 unspecified atom stereocenters. The second-order valence-electron chi connectivity index (χ2n) is 5.64. The zero-order chi connectivity index (χ0) is 19.7. The van der Waals surface area contributed by atoms with Crippen LogP contribution in [0.4, 0.5) is 27.4 Å². The molecule has 2 aromatic rings. The number of pyridine rings is 1. The third-order valence-electron chi connectivity index (χ3n) is 3.10. The minimum Gasteiger partial charge on any atom is -0.430 e. The predicted molar refractivity (Wildman–Crippen MR) is 88.1 cm³/mol. The Hall–Kier alpha value is -2.67. The number of halogens is 4. The Morgan fingerprint density at radius 3 is 2.54 bits per heavy atom. The van der Waals surface area contributed by atoms with Gasteiger partial charge < -0.3 is 4.74 Å². The number of terminal acetylenes is 1. The maximum atomic E-state index is 13.3. The first-order valence-electron chi connectivity index (χ1n) is 7.08. The highest BCUT2D eigenvalue weighted by atomic mass is 32.1. The molecule has 0 aromatic carbocycles. The molecule has 10 heteroatoms. The SMILES string of the molecule is C#CC(C)(C)OC(=O)N(C)c1sc(-c2cncc(F)c2)nc1C(F)(F)F. The molecule has 0 saturated carbocycles. The molecule has 0 aliphatic rings. The zero-order valence-corrected chi connectivity index (χ0v) is 14.7. The number of carbonyl (C=O) groups excluding carboxylic acids is 1. The molecular weight excluding hydrogens is 374 g/mol. The van der Waals surface area contributed by atoms with E-state index >= 15 is 0 Å². The Kier molecular flexibility index (Phi) is 5.23. The lowest BCUT2D eigenvalue weighted by Gasteiger charge is -2.23. The van der Waals surface area contributed by atoms with Crippen LogP contribution in [0.5, 0.6) is 0 Å². The average Bonchev–Trinajstić information content (AvgIpc) is 2.99. The lowest BCUT2D eigenvalue weighted by molar-refractivity contribution is -0.140. The summed E-state index contributed by atoms with van der Waals surface area (Å²) in [7, 11) is 1.10. The molecule has 138 valence electrons. The summed E-state index contributed by atoms with van der Waals surface area (Å²) in [4.78, 5) is 19.9. The molecule has 0 atom stereocenters. The van der Waals surface area contributed by atoms with Crippen LogP contribution in [0.15, 0.2) is 18.5 Å². The van der Waals surface area contributed by atoms with Gasteiger partial charge in [0.1, 0.15) is 15.8 Å². The smallest absolute Gasteiger partial charge is 0.430 e. The number of carbonyl (C=O) groups is 1. The van der Waals surface area contributed by atoms with Crippen LogP contribution in [0.1, 0.15) is 19.5 Å². The molecule has 2 heterocycles. The summed E-state index contributed by atoms with van der Waals surface area (Å²) in [5.41, 5.74) is -2.54. The molecule has 0 saturated heterocycles. The number of anilines is 1. The van der Waals surface area contributed by atoms with Gasteiger partial charge in [0.15, 0.2) is 11.3 Å². The van der Waals surface area contributed by atoms with Crippen molar-refractivity contribution < 1.29 is 27.1 Å². The number of amides is 1. The first kappa shape index (κ1) is 19.7. The molecule has 0 radical (unpaired) electrons. The van der Waals surface area contributed by atoms with Crippen LogP contribution in [-0.4, -0.2) is 28.7 Å². The summed E-state index contributed by atoms with van der Waals surface area (Å²) in [5, 5.41) is -0.648. The molecule has 5 nitrogen and oxygen atoms in total. The van der Waals surface area contributed by atoms with Gasteiger partial charge in [0.05, 0.1) is 6.20 Å². The van der Waals surface area contributed by atoms with Gasteiger partial charge in [-0.25, -0.2) is 14.2 Å². The topological polar surface area (TPSA) is 55.3 Å². The second kappa shape index (κ2) is 6.92. The number of thiazole rings is 1. The Morgan fingerprint density at radius 1 is 1.35 bits per heavy atom. The van der Waals surface area contributed by atoms with Crippen molar-refractivity contribution in [2.75, 3.05) is 11.9 Å². The fourth-order valence-electron chi connectivity index (χ4n) is 1.78. The van der Waals surface area contributed by atoms with Crippen molar-refractivity contribution in [2.45, 2.75) is 25.6 Å². The van der Waals surface area contributed by atoms with Gasteiger partial charge >= 0.3 is 12.3 Å². The van der Waals surface area contributed by atoms with E-state index in [0.717, 1.165) is 19.3 Å². The lowest BCUT2D eigenvalue weighted by Crippen LogP contribution is -2.35. The summed E-state index contributed by atoms with van der Waals surface area (Å²) >= 11 is 0.554. The van der Waals surface area contributed by atoms with Gasteiger partial charge in [-0.1, -0.05) is 17.3 Å². The molecular formula is C16H13F4N3O2S. The standard InChI is InChI=1S/C16H13F4N3O2S/c1-5-15(2,3)25-14(24)23(4)13-11(16(18,19)20)22-12(26-13)9-6-10(17)8-21-7-9/h1,6-8H,2-4H3. The van der Waals surface area contributed by atoms with Gasteiger partial charge in [0.25, 0.3) is 0 Å². The van der Waals surface area contributed by atoms with E-state index in [2.05, 4.69) is 15.9 Å². The van der Waals surface area contributed by atoms with Crippen molar-refractivity contribution in [1.82, 2.24) is 9.97 Å². The van der Waals surface area contributed by atoms with Crippen LogP contribution in [0.2, 0.25) is 0 Å². The van der Waals surface area contributed by atoms with Crippen LogP contribution < -0.4 is 4.90 Å². The van der Waals surface area contributed by atoms with Crippen molar-refractivity contribution in [1.29, 1.82) is 0 Å². The summed E-state index contributed by atoms with van der Waals surface area (Å²) < 4.78 is 58.3. The molecule has 2 rings (SSSR count). The molecule has 0 bridgehead atoms. The molecule has 1 amide bonds. The highest BCUT2D eigenvalue weighted by Gasteiger charge is 2.40. The highest BCUT2D eigenvalue weighted by molar-refractivity contribution is 7.19. The fourth-order valence-corrected chi connectivity index (χ4v) is 2.79. The van der Waals surface area contributed by atoms with Crippen LogP contribution in [0, 0.1) is 18.2 Å². The van der Waals surface area contributed by atoms with Crippen molar-refractivity contribution in [3.63, 3.8) is 0 Å². The molecule has 0 fully saturated rings. The van der Waals surface area contributed by atoms with Gasteiger partial charge in [-0.3, -0.25) is 9.88 Å². The first-order valence-corrected chi connectivity index (χ1v) is 7.89. The minimum absolute atomic E-state index is 0.0532. The van der Waals surface area contributed by atoms with Crippen molar-refractivity contribution in [3.8, 4) is 22.9 Å². The monoisotopic (exact) mass is 387 g/mol. The third-order valence-corrected chi connectivity index (χ3v) is 4.28. The summed E-state index contributed by atoms with van der Waals surface area (Å²) in [6, 6.07) is 0.996. The van der Waals surface area contributed by atoms with E-state index in [1.54, 1.807) is 0 Å². The van der Waals surface area contributed by atoms with Crippen LogP contribution >= 0.6 is 11.3 Å². The van der Waals surface area contributed by atoms with Gasteiger partial charge in [-0.2, -0.15) is 13.2 Å². The van der Waals surface area contributed by atoms with E-state index in [4.69, 9.17) is 11.2 Å². The van der Waals surface area contributed by atoms with Crippen molar-refractivity contribution >= 4 is 22.4 Å². The number of hydrogen-bond donors (Lipinski definition) is 0. The van der Waals surface area contributed by atoms with Crippen molar-refractivity contribution in [3.05, 3.63) is 30.0 Å². The van der Waals surface area contributed by atoms with E-state index in [1.165, 1.54) is 20.0 Å². The van der Waals surface area contributed by atoms with E-state index in [1.807, 2.05) is 0 Å². The quantitative estimate of drug-likeness (QED) is 0.581. The lowest BCUT2D eigenvalue weighted by atomic mass is 10.1. The number of rotatable bonds is 3. The van der Waals surface area contributed by atoms with Gasteiger partial charge in [-0.15, -0.1) is 6.42 Å². The summed E-state index contributed by atoms with van der Waals surface area (Å²) in [6.07, 6.45) is 1.38. The van der Waals surface area contributed by atoms with Crippen LogP contribution in [0.25, 0.3) is 10.6 Å². The summed E-state index contributed by atoms with van der Waals surface area (Å²) in [5.74, 6) is 1.48. The van der Waals surface area contributed by atoms with E-state index in [-0.39, 0.29) is 10.6 Å². The summed E-state index contributed by atoms with van der Waals surface area (Å²) in [6.45, 7) is 2.83. The largest absolute Gasteiger partial charge is 0.436 e. The van der Waals surface area contributed by atoms with E-state index < -0.39 is 34.4 Å². The van der Waals surface area contributed by atoms with Crippen molar-refractivity contribution in [2.24, 2.45) is 0 Å². The Morgan fingerprint density at radius 2 is 2.00 bits per heavy atom. The Bertz CT molecular complexity index is 871. The third kappa shape index (κ3) is 4.29. The first-order chi connectivity index (χ1) is 11.9. The minimum atomic E-state index is -4.83. The molecule has 2 aromatic heterocycles. The Labute approximate surface area is 150 Å². The number of aromatic nitrogens is 2. The highest BCUT2D eigenvalue weighted by Crippen LogP contribution is 2.42. The average molecular weight is 387 g/mol. The predicted octanol–water partition coefficient (Wildman–Crippen LogP) is 4.35. The fraction of sp³-hybridized carbons (Fsp3) is 0.312. The molecule has 0 N–H and O–H groups in total. The second-order valence-corrected chi connectivity index (χ2v) is 6.62. The van der Waals surface area contributed by atoms with Gasteiger partial charge in [0, 0.05) is 18.8 Å². The van der Waals surface area contributed by atoms with Gasteiger partial charge in [-0.05, 0) is 19.9 Å². The number of alkyl halides is 3. The molecule has 0 aliphatic carbocycles. The maximum absolute atomic E-state index is 13.3. The number of ether oxygens (including phenoxy) is 1. The van der Waals surface area contributed by atoms with E-state index in [9.17, 15) is 22.4 Å². The number of hydrogen-bond acceptors (Lipinski definition) is 5. The van der Waals surface area contributed by atoms with E-state index in [0.29, 0.717) is 16.2 Å². The van der Waals surface area contributed by atoms with Crippen LogP contribution in [0.3, 0.4) is 0 Å².